The van der Waals surface area contributed by atoms with Crippen LogP contribution in [0.5, 0.6) is 0 Å². The van der Waals surface area contributed by atoms with Gasteiger partial charge < -0.3 is 10.2 Å². The van der Waals surface area contributed by atoms with Gasteiger partial charge in [-0.05, 0) is 43.4 Å². The molecule has 0 saturated carbocycles. The van der Waals surface area contributed by atoms with E-state index in [1.807, 2.05) is 50.2 Å². The van der Waals surface area contributed by atoms with Gasteiger partial charge in [0.2, 0.25) is 21.8 Å². The summed E-state index contributed by atoms with van der Waals surface area (Å²) in [5.41, 5.74) is 2.25. The SMILES string of the molecule is CCCCNC(=O)[C@@H](CC)N(CCc1ccccc1)C(=O)CN(c1ccccc1C)S(C)(=O)=O. The van der Waals surface area contributed by atoms with Gasteiger partial charge in [0.15, 0.2) is 0 Å². The van der Waals surface area contributed by atoms with E-state index in [2.05, 4.69) is 5.32 Å². The van der Waals surface area contributed by atoms with Crippen LogP contribution in [0.1, 0.15) is 44.2 Å². The minimum Gasteiger partial charge on any atom is -0.354 e. The topological polar surface area (TPSA) is 86.8 Å². The number of hydrogen-bond acceptors (Lipinski definition) is 4. The van der Waals surface area contributed by atoms with Crippen LogP contribution in [-0.4, -0.2) is 57.1 Å². The van der Waals surface area contributed by atoms with Crippen LogP contribution in [0.15, 0.2) is 54.6 Å². The number of carbonyl (C=O) groups is 2. The summed E-state index contributed by atoms with van der Waals surface area (Å²) in [6, 6.07) is 16.1. The van der Waals surface area contributed by atoms with Gasteiger partial charge in [0.05, 0.1) is 11.9 Å². The van der Waals surface area contributed by atoms with Gasteiger partial charge in [-0.3, -0.25) is 13.9 Å². The molecule has 0 aliphatic rings. The average Bonchev–Trinajstić information content (AvgIpc) is 2.80. The van der Waals surface area contributed by atoms with Gasteiger partial charge in [-0.25, -0.2) is 8.42 Å². The number of unbranched alkanes of at least 4 members (excludes halogenated alkanes) is 1. The Morgan fingerprint density at radius 2 is 1.65 bits per heavy atom. The van der Waals surface area contributed by atoms with Crippen LogP contribution in [0.4, 0.5) is 5.69 Å². The summed E-state index contributed by atoms with van der Waals surface area (Å²) in [5.74, 6) is -0.610. The second kappa shape index (κ2) is 13.1. The molecule has 1 N–H and O–H groups in total. The highest BCUT2D eigenvalue weighted by Crippen LogP contribution is 2.22. The van der Waals surface area contributed by atoms with Crippen molar-refractivity contribution in [2.24, 2.45) is 0 Å². The van der Waals surface area contributed by atoms with Gasteiger partial charge >= 0.3 is 0 Å². The molecule has 0 radical (unpaired) electrons. The lowest BCUT2D eigenvalue weighted by molar-refractivity contribution is -0.139. The number of amides is 2. The number of benzene rings is 2. The second-order valence-corrected chi connectivity index (χ2v) is 10.4. The van der Waals surface area contributed by atoms with Gasteiger partial charge in [-0.2, -0.15) is 0 Å². The van der Waals surface area contributed by atoms with E-state index in [1.165, 1.54) is 4.90 Å². The monoisotopic (exact) mass is 487 g/mol. The molecule has 2 amide bonds. The molecule has 2 aromatic rings. The van der Waals surface area contributed by atoms with Gasteiger partial charge in [0.25, 0.3) is 0 Å². The molecule has 0 bridgehead atoms. The van der Waals surface area contributed by atoms with Crippen LogP contribution in [0.3, 0.4) is 0 Å². The summed E-state index contributed by atoms with van der Waals surface area (Å²) in [6.45, 7) is 6.21. The molecule has 0 aliphatic heterocycles. The first kappa shape index (κ1) is 27.4. The number of nitrogens with one attached hydrogen (secondary N) is 1. The number of carbonyl (C=O) groups excluding carboxylic acids is 2. The second-order valence-electron chi connectivity index (χ2n) is 8.45. The molecule has 34 heavy (non-hydrogen) atoms. The van der Waals surface area contributed by atoms with Crippen molar-refractivity contribution in [3.05, 3.63) is 65.7 Å². The number of aryl methyl sites for hydroxylation is 1. The van der Waals surface area contributed by atoms with Crippen LogP contribution in [0.2, 0.25) is 0 Å². The third kappa shape index (κ3) is 7.87. The maximum atomic E-state index is 13.6. The lowest BCUT2D eigenvalue weighted by Crippen LogP contribution is -2.53. The van der Waals surface area contributed by atoms with E-state index in [0.717, 1.165) is 34.5 Å². The van der Waals surface area contributed by atoms with Crippen molar-refractivity contribution >= 4 is 27.5 Å². The van der Waals surface area contributed by atoms with Crippen LogP contribution >= 0.6 is 0 Å². The lowest BCUT2D eigenvalue weighted by atomic mass is 10.1. The summed E-state index contributed by atoms with van der Waals surface area (Å²) in [5, 5.41) is 2.93. The molecule has 0 unspecified atom stereocenters. The number of anilines is 1. The van der Waals surface area contributed by atoms with Crippen molar-refractivity contribution in [2.45, 2.75) is 52.5 Å². The number of sulfonamides is 1. The standard InChI is InChI=1S/C26H37N3O4S/c1-5-7-18-27-26(31)23(6-2)28(19-17-22-14-9-8-10-15-22)25(30)20-29(34(4,32)33)24-16-12-11-13-21(24)3/h8-16,23H,5-7,17-20H2,1-4H3,(H,27,31)/t23-/m1/s1. The van der Waals surface area contributed by atoms with Crippen molar-refractivity contribution < 1.29 is 18.0 Å². The molecule has 0 saturated heterocycles. The molecule has 0 fully saturated rings. The third-order valence-electron chi connectivity index (χ3n) is 5.76. The van der Waals surface area contributed by atoms with Crippen LogP contribution in [0, 0.1) is 6.92 Å². The first-order valence-electron chi connectivity index (χ1n) is 11.8. The molecule has 7 nitrogen and oxygen atoms in total. The summed E-state index contributed by atoms with van der Waals surface area (Å²) < 4.78 is 26.4. The molecule has 2 rings (SSSR count). The summed E-state index contributed by atoms with van der Waals surface area (Å²) in [7, 11) is -3.72. The molecule has 0 spiro atoms. The van der Waals surface area contributed by atoms with E-state index in [9.17, 15) is 18.0 Å². The average molecular weight is 488 g/mol. The van der Waals surface area contributed by atoms with E-state index < -0.39 is 22.0 Å². The Morgan fingerprint density at radius 1 is 1.00 bits per heavy atom. The summed E-state index contributed by atoms with van der Waals surface area (Å²) in [4.78, 5) is 28.1. The number of rotatable bonds is 13. The zero-order valence-corrected chi connectivity index (χ0v) is 21.5. The molecule has 2 aromatic carbocycles. The summed E-state index contributed by atoms with van der Waals surface area (Å²) >= 11 is 0. The molecular weight excluding hydrogens is 450 g/mol. The Bertz CT molecular complexity index is 1040. The van der Waals surface area contributed by atoms with Crippen molar-refractivity contribution in [2.75, 3.05) is 30.2 Å². The summed E-state index contributed by atoms with van der Waals surface area (Å²) in [6.07, 6.45) is 3.90. The van der Waals surface area contributed by atoms with Crippen LogP contribution in [0.25, 0.3) is 0 Å². The molecule has 8 heteroatoms. The minimum atomic E-state index is -3.72. The van der Waals surface area contributed by atoms with Gasteiger partial charge in [-0.1, -0.05) is 68.8 Å². The van der Waals surface area contributed by atoms with Crippen LogP contribution < -0.4 is 9.62 Å². The first-order chi connectivity index (χ1) is 16.2. The van der Waals surface area contributed by atoms with Gasteiger partial charge in [0, 0.05) is 13.1 Å². The zero-order valence-electron chi connectivity index (χ0n) is 20.7. The number of para-hydroxylation sites is 1. The molecule has 0 aromatic heterocycles. The van der Waals surface area contributed by atoms with Crippen molar-refractivity contribution in [3.63, 3.8) is 0 Å². The Morgan fingerprint density at radius 3 is 2.24 bits per heavy atom. The van der Waals surface area contributed by atoms with E-state index >= 15 is 0 Å². The maximum absolute atomic E-state index is 13.6. The normalized spacial score (nSPS) is 12.1. The van der Waals surface area contributed by atoms with Gasteiger partial charge in [-0.15, -0.1) is 0 Å². The fourth-order valence-corrected chi connectivity index (χ4v) is 4.75. The fraction of sp³-hybridized carbons (Fsp3) is 0.462. The first-order valence-corrected chi connectivity index (χ1v) is 13.7. The van der Waals surface area contributed by atoms with E-state index in [4.69, 9.17) is 0 Å². The minimum absolute atomic E-state index is 0.209. The molecule has 0 aliphatic carbocycles. The van der Waals surface area contributed by atoms with Crippen molar-refractivity contribution in [1.82, 2.24) is 10.2 Å². The molecular formula is C26H37N3O4S. The van der Waals surface area contributed by atoms with Gasteiger partial charge in [0.1, 0.15) is 12.6 Å². The van der Waals surface area contributed by atoms with E-state index in [-0.39, 0.29) is 12.5 Å². The fourth-order valence-electron chi connectivity index (χ4n) is 3.84. The number of nitrogens with zero attached hydrogens (tertiary/aromatic N) is 2. The Hall–Kier alpha value is -2.87. The molecule has 186 valence electrons. The van der Waals surface area contributed by atoms with E-state index in [0.29, 0.717) is 31.6 Å². The quantitative estimate of drug-likeness (QED) is 0.438. The highest BCUT2D eigenvalue weighted by Gasteiger charge is 2.31. The Balaban J connectivity index is 2.33. The highest BCUT2D eigenvalue weighted by atomic mass is 32.2. The number of hydrogen-bond donors (Lipinski definition) is 1. The smallest absolute Gasteiger partial charge is 0.244 e. The largest absolute Gasteiger partial charge is 0.354 e. The predicted octanol–water partition coefficient (Wildman–Crippen LogP) is 3.53. The predicted molar refractivity (Wildman–Crippen MR) is 137 cm³/mol. The Labute approximate surface area is 204 Å². The van der Waals surface area contributed by atoms with Crippen molar-refractivity contribution in [3.8, 4) is 0 Å². The third-order valence-corrected chi connectivity index (χ3v) is 6.89. The van der Waals surface area contributed by atoms with Crippen LogP contribution in [-0.2, 0) is 26.0 Å². The maximum Gasteiger partial charge on any atom is 0.244 e. The molecule has 1 atom stereocenters. The Kier molecular flexibility index (Phi) is 10.6. The highest BCUT2D eigenvalue weighted by molar-refractivity contribution is 7.92. The van der Waals surface area contributed by atoms with E-state index in [1.54, 1.807) is 25.1 Å². The zero-order chi connectivity index (χ0) is 25.1. The molecule has 0 heterocycles. The van der Waals surface area contributed by atoms with Crippen molar-refractivity contribution in [1.29, 1.82) is 0 Å². The lowest BCUT2D eigenvalue weighted by Gasteiger charge is -2.33.